The van der Waals surface area contributed by atoms with Gasteiger partial charge in [-0.3, -0.25) is 4.40 Å². The van der Waals surface area contributed by atoms with Gasteiger partial charge in [-0.15, -0.1) is 0 Å². The Labute approximate surface area is 116 Å². The van der Waals surface area contributed by atoms with E-state index in [0.29, 0.717) is 15.5 Å². The molecule has 0 saturated carbocycles. The molecule has 7 heteroatoms. The summed E-state index contributed by atoms with van der Waals surface area (Å²) < 4.78 is 32.8. The third-order valence-corrected chi connectivity index (χ3v) is 3.73. The van der Waals surface area contributed by atoms with Gasteiger partial charge in [-0.05, 0) is 12.1 Å². The third-order valence-electron chi connectivity index (χ3n) is 2.75. The molecular formula is C13H8F2N2O2S. The SMILES string of the molecule is COC(=O)c1cn2cc(-c3ccc(F)cc3F)nc2s1. The highest BCUT2D eigenvalue weighted by Crippen LogP contribution is 2.26. The fourth-order valence-corrected chi connectivity index (χ4v) is 2.70. The number of fused-ring (bicyclic) bond motifs is 1. The minimum atomic E-state index is -0.677. The molecule has 0 fully saturated rings. The molecule has 2 aromatic heterocycles. The Balaban J connectivity index is 2.05. The Morgan fingerprint density at radius 1 is 1.35 bits per heavy atom. The highest BCUT2D eigenvalue weighted by molar-refractivity contribution is 7.18. The van der Waals surface area contributed by atoms with E-state index in [0.717, 1.165) is 17.4 Å². The fourth-order valence-electron chi connectivity index (χ4n) is 1.82. The number of benzene rings is 1. The van der Waals surface area contributed by atoms with Crippen LogP contribution in [-0.2, 0) is 4.74 Å². The summed E-state index contributed by atoms with van der Waals surface area (Å²) in [6.45, 7) is 0. The van der Waals surface area contributed by atoms with Crippen molar-refractivity contribution in [3.05, 3.63) is 47.1 Å². The van der Waals surface area contributed by atoms with Crippen LogP contribution in [0.4, 0.5) is 8.78 Å². The predicted octanol–water partition coefficient (Wildman–Crippen LogP) is 3.13. The van der Waals surface area contributed by atoms with E-state index in [4.69, 9.17) is 0 Å². The lowest BCUT2D eigenvalue weighted by molar-refractivity contribution is 0.0606. The van der Waals surface area contributed by atoms with Gasteiger partial charge in [-0.1, -0.05) is 11.3 Å². The minimum Gasteiger partial charge on any atom is -0.465 e. The van der Waals surface area contributed by atoms with Gasteiger partial charge in [0.25, 0.3) is 0 Å². The molecule has 0 spiro atoms. The number of hydrogen-bond donors (Lipinski definition) is 0. The molecule has 1 aromatic carbocycles. The molecule has 0 aliphatic rings. The zero-order valence-electron chi connectivity index (χ0n) is 10.3. The largest absolute Gasteiger partial charge is 0.465 e. The fraction of sp³-hybridized carbons (Fsp3) is 0.0769. The van der Waals surface area contributed by atoms with Crippen LogP contribution in [0, 0.1) is 11.6 Å². The molecule has 3 aromatic rings. The first-order chi connectivity index (χ1) is 9.58. The summed E-state index contributed by atoms with van der Waals surface area (Å²) in [5.74, 6) is -1.76. The monoisotopic (exact) mass is 294 g/mol. The molecule has 0 bridgehead atoms. The average Bonchev–Trinajstić information content (AvgIpc) is 2.95. The number of nitrogens with zero attached hydrogens (tertiary/aromatic N) is 2. The number of ether oxygens (including phenoxy) is 1. The maximum absolute atomic E-state index is 13.7. The summed E-state index contributed by atoms with van der Waals surface area (Å²) in [5.41, 5.74) is 0.590. The lowest BCUT2D eigenvalue weighted by Gasteiger charge is -1.98. The number of rotatable bonds is 2. The van der Waals surface area contributed by atoms with Crippen molar-refractivity contribution in [3.8, 4) is 11.3 Å². The number of thiazole rings is 1. The molecule has 3 rings (SSSR count). The maximum atomic E-state index is 13.7. The predicted molar refractivity (Wildman–Crippen MR) is 69.8 cm³/mol. The van der Waals surface area contributed by atoms with Crippen molar-refractivity contribution in [2.45, 2.75) is 0 Å². The summed E-state index contributed by atoms with van der Waals surface area (Å²) >= 11 is 1.14. The molecule has 0 atom stereocenters. The van der Waals surface area contributed by atoms with Crippen molar-refractivity contribution in [1.82, 2.24) is 9.38 Å². The Bertz CT molecular complexity index is 778. The number of halogens is 2. The van der Waals surface area contributed by atoms with Crippen LogP contribution in [-0.4, -0.2) is 22.5 Å². The molecule has 102 valence electrons. The van der Waals surface area contributed by atoms with Gasteiger partial charge < -0.3 is 4.74 Å². The highest BCUT2D eigenvalue weighted by atomic mass is 32.1. The topological polar surface area (TPSA) is 43.6 Å². The van der Waals surface area contributed by atoms with Gasteiger partial charge >= 0.3 is 5.97 Å². The van der Waals surface area contributed by atoms with Crippen molar-refractivity contribution in [3.63, 3.8) is 0 Å². The summed E-state index contributed by atoms with van der Waals surface area (Å²) in [6.07, 6.45) is 3.14. The van der Waals surface area contributed by atoms with E-state index in [9.17, 15) is 13.6 Å². The van der Waals surface area contributed by atoms with Crippen LogP contribution in [0.5, 0.6) is 0 Å². The first kappa shape index (κ1) is 12.7. The van der Waals surface area contributed by atoms with E-state index in [1.54, 1.807) is 16.8 Å². The molecule has 2 heterocycles. The van der Waals surface area contributed by atoms with Crippen LogP contribution in [0.25, 0.3) is 16.2 Å². The molecule has 0 amide bonds. The Hall–Kier alpha value is -2.28. The van der Waals surface area contributed by atoms with Crippen LogP contribution >= 0.6 is 11.3 Å². The van der Waals surface area contributed by atoms with E-state index >= 15 is 0 Å². The average molecular weight is 294 g/mol. The molecule has 0 aliphatic heterocycles. The van der Waals surface area contributed by atoms with Gasteiger partial charge in [0.1, 0.15) is 16.5 Å². The molecule has 20 heavy (non-hydrogen) atoms. The first-order valence-corrected chi connectivity index (χ1v) is 6.42. The standard InChI is InChI=1S/C13H8F2N2O2S/c1-19-12(18)11-6-17-5-10(16-13(17)20-11)8-3-2-7(14)4-9(8)15/h2-6H,1H3. The summed E-state index contributed by atoms with van der Waals surface area (Å²) in [4.78, 5) is 16.5. The van der Waals surface area contributed by atoms with E-state index in [1.165, 1.54) is 19.2 Å². The van der Waals surface area contributed by atoms with Crippen LogP contribution in [0.2, 0.25) is 0 Å². The Kier molecular flexibility index (Phi) is 2.98. The molecule has 0 unspecified atom stereocenters. The van der Waals surface area contributed by atoms with Crippen molar-refractivity contribution < 1.29 is 18.3 Å². The van der Waals surface area contributed by atoms with Gasteiger partial charge in [0.2, 0.25) is 0 Å². The Morgan fingerprint density at radius 3 is 2.80 bits per heavy atom. The van der Waals surface area contributed by atoms with Crippen LogP contribution in [0.3, 0.4) is 0 Å². The lowest BCUT2D eigenvalue weighted by atomic mass is 10.1. The number of carbonyl (C=O) groups is 1. The quantitative estimate of drug-likeness (QED) is 0.682. The van der Waals surface area contributed by atoms with Gasteiger partial charge in [0, 0.05) is 24.0 Å². The smallest absolute Gasteiger partial charge is 0.349 e. The lowest BCUT2D eigenvalue weighted by Crippen LogP contribution is -1.97. The van der Waals surface area contributed by atoms with Crippen LogP contribution in [0.1, 0.15) is 9.67 Å². The molecule has 0 N–H and O–H groups in total. The normalized spacial score (nSPS) is 10.9. The van der Waals surface area contributed by atoms with E-state index in [1.807, 2.05) is 0 Å². The van der Waals surface area contributed by atoms with Crippen LogP contribution < -0.4 is 0 Å². The number of esters is 1. The first-order valence-electron chi connectivity index (χ1n) is 5.61. The van der Waals surface area contributed by atoms with Gasteiger partial charge in [0.05, 0.1) is 12.8 Å². The van der Waals surface area contributed by atoms with Crippen molar-refractivity contribution in [2.24, 2.45) is 0 Å². The summed E-state index contributed by atoms with van der Waals surface area (Å²) in [5, 5.41) is 0. The summed E-state index contributed by atoms with van der Waals surface area (Å²) in [7, 11) is 1.30. The van der Waals surface area contributed by atoms with E-state index < -0.39 is 17.6 Å². The van der Waals surface area contributed by atoms with E-state index in [2.05, 4.69) is 9.72 Å². The minimum absolute atomic E-state index is 0.210. The zero-order chi connectivity index (χ0) is 14.3. The number of hydrogen-bond acceptors (Lipinski definition) is 4. The van der Waals surface area contributed by atoms with Crippen molar-refractivity contribution >= 4 is 22.3 Å². The van der Waals surface area contributed by atoms with Crippen LogP contribution in [0.15, 0.2) is 30.6 Å². The zero-order valence-corrected chi connectivity index (χ0v) is 11.1. The molecule has 4 nitrogen and oxygen atoms in total. The van der Waals surface area contributed by atoms with E-state index in [-0.39, 0.29) is 5.56 Å². The molecule has 0 aliphatic carbocycles. The van der Waals surface area contributed by atoms with Gasteiger partial charge in [-0.2, -0.15) is 0 Å². The number of methoxy groups -OCH3 is 1. The number of aromatic nitrogens is 2. The Morgan fingerprint density at radius 2 is 2.15 bits per heavy atom. The number of carbonyl (C=O) groups excluding carboxylic acids is 1. The highest BCUT2D eigenvalue weighted by Gasteiger charge is 2.15. The van der Waals surface area contributed by atoms with Crippen molar-refractivity contribution in [1.29, 1.82) is 0 Å². The third kappa shape index (κ3) is 2.05. The number of imidazole rings is 1. The molecular weight excluding hydrogens is 286 g/mol. The maximum Gasteiger partial charge on any atom is 0.349 e. The molecule has 0 radical (unpaired) electrons. The molecule has 0 saturated heterocycles. The summed E-state index contributed by atoms with van der Waals surface area (Å²) in [6, 6.07) is 3.31. The second kappa shape index (κ2) is 4.68. The second-order valence-corrected chi connectivity index (χ2v) is 5.04. The second-order valence-electron chi connectivity index (χ2n) is 4.03. The van der Waals surface area contributed by atoms with Gasteiger partial charge in [-0.25, -0.2) is 18.6 Å². The van der Waals surface area contributed by atoms with Crippen molar-refractivity contribution in [2.75, 3.05) is 7.11 Å². The van der Waals surface area contributed by atoms with Gasteiger partial charge in [0.15, 0.2) is 4.96 Å².